The van der Waals surface area contributed by atoms with Gasteiger partial charge in [-0.1, -0.05) is 18.1 Å². The highest BCUT2D eigenvalue weighted by molar-refractivity contribution is 5.42. The molecule has 0 radical (unpaired) electrons. The first-order valence-electron chi connectivity index (χ1n) is 11.2. The molecular weight excluding hydrogens is 531 g/mol. The molecule has 6 nitrogen and oxygen atoms in total. The van der Waals surface area contributed by atoms with E-state index in [2.05, 4.69) is 20.7 Å². The molecule has 3 rings (SSSR count). The Morgan fingerprint density at radius 3 is 1.87 bits per heavy atom. The van der Waals surface area contributed by atoms with Gasteiger partial charge >= 0.3 is 18.5 Å². The zero-order valence-electron chi connectivity index (χ0n) is 20.3. The number of halogens is 9. The van der Waals surface area contributed by atoms with Gasteiger partial charge in [0.25, 0.3) is 5.95 Å². The maximum Gasteiger partial charge on any atom is 0.416 e. The summed E-state index contributed by atoms with van der Waals surface area (Å²) in [6.07, 6.45) is -14.3. The normalized spacial score (nSPS) is 13.6. The summed E-state index contributed by atoms with van der Waals surface area (Å²) in [5, 5.41) is 14.4. The van der Waals surface area contributed by atoms with Crippen molar-refractivity contribution in [2.45, 2.75) is 51.0 Å². The fraction of sp³-hybridized carbons (Fsp3) is 0.435. The molecule has 38 heavy (non-hydrogen) atoms. The van der Waals surface area contributed by atoms with Gasteiger partial charge in [-0.2, -0.15) is 44.3 Å². The second kappa shape index (κ2) is 10.8. The summed E-state index contributed by atoms with van der Waals surface area (Å²) in [6.45, 7) is 0.858. The van der Waals surface area contributed by atoms with Crippen LogP contribution in [0.15, 0.2) is 36.4 Å². The zero-order chi connectivity index (χ0) is 28.5. The smallest absolute Gasteiger partial charge is 0.330 e. The monoisotopic (exact) mass is 554 g/mol. The number of nitrogens with zero attached hydrogens (tertiary/aromatic N) is 5. The molecule has 0 aliphatic heterocycles. The number of tetrazole rings is 1. The molecule has 0 saturated carbocycles. The Hall–Kier alpha value is -3.36. The molecule has 0 spiro atoms. The van der Waals surface area contributed by atoms with Crippen molar-refractivity contribution in [3.05, 3.63) is 69.8 Å². The Bertz CT molecular complexity index is 1210. The highest BCUT2D eigenvalue weighted by Crippen LogP contribution is 2.37. The summed E-state index contributed by atoms with van der Waals surface area (Å²) in [6, 6.07) is 3.81. The van der Waals surface area contributed by atoms with Crippen LogP contribution in [0.2, 0.25) is 0 Å². The van der Waals surface area contributed by atoms with Crippen molar-refractivity contribution >= 4 is 5.95 Å². The number of benzene rings is 2. The summed E-state index contributed by atoms with van der Waals surface area (Å²) in [7, 11) is 2.99. The zero-order valence-corrected chi connectivity index (χ0v) is 20.3. The Kier molecular flexibility index (Phi) is 8.29. The molecule has 0 aliphatic rings. The van der Waals surface area contributed by atoms with E-state index in [1.807, 2.05) is 0 Å². The van der Waals surface area contributed by atoms with Gasteiger partial charge in [-0.3, -0.25) is 0 Å². The van der Waals surface area contributed by atoms with Crippen molar-refractivity contribution in [2.24, 2.45) is 7.05 Å². The van der Waals surface area contributed by atoms with Gasteiger partial charge in [0.2, 0.25) is 0 Å². The second-order valence-corrected chi connectivity index (χ2v) is 8.51. The van der Waals surface area contributed by atoms with Crippen molar-refractivity contribution in [1.82, 2.24) is 25.5 Å². The number of rotatable bonds is 8. The van der Waals surface area contributed by atoms with Crippen molar-refractivity contribution in [2.75, 3.05) is 11.9 Å². The molecule has 0 fully saturated rings. The molecule has 208 valence electrons. The first kappa shape index (κ1) is 29.2. The molecule has 1 unspecified atom stereocenters. The third-order valence-corrected chi connectivity index (χ3v) is 5.77. The van der Waals surface area contributed by atoms with Gasteiger partial charge in [0.15, 0.2) is 0 Å². The molecule has 1 aromatic heterocycles. The van der Waals surface area contributed by atoms with Crippen LogP contribution in [-0.2, 0) is 38.7 Å². The average molecular weight is 554 g/mol. The first-order valence-corrected chi connectivity index (χ1v) is 11.2. The van der Waals surface area contributed by atoms with Crippen LogP contribution in [0.5, 0.6) is 0 Å². The van der Waals surface area contributed by atoms with Gasteiger partial charge in [-0.15, -0.1) is 5.10 Å². The first-order chi connectivity index (χ1) is 17.5. The number of nitrogens with one attached hydrogen (secondary N) is 1. The number of aryl methyl sites for hydroxylation is 1. The van der Waals surface area contributed by atoms with Crippen LogP contribution in [0.25, 0.3) is 0 Å². The fourth-order valence-electron chi connectivity index (χ4n) is 3.97. The number of anilines is 1. The third kappa shape index (κ3) is 6.94. The molecule has 0 bridgehead atoms. The van der Waals surface area contributed by atoms with Gasteiger partial charge in [-0.25, -0.2) is 0 Å². The van der Waals surface area contributed by atoms with E-state index < -0.39 is 47.3 Å². The van der Waals surface area contributed by atoms with E-state index in [9.17, 15) is 39.5 Å². The summed E-state index contributed by atoms with van der Waals surface area (Å²) in [4.78, 5) is 2.18. The lowest BCUT2D eigenvalue weighted by atomic mass is 9.95. The Labute approximate surface area is 211 Å². The molecule has 0 aliphatic carbocycles. The van der Waals surface area contributed by atoms with Crippen molar-refractivity contribution in [3.63, 3.8) is 0 Å². The molecular formula is C23H23F9N6. The van der Waals surface area contributed by atoms with Crippen LogP contribution in [0, 0.1) is 0 Å². The van der Waals surface area contributed by atoms with Gasteiger partial charge in [0, 0.05) is 19.1 Å². The minimum atomic E-state index is -5.07. The molecule has 0 saturated heterocycles. The molecule has 15 heteroatoms. The van der Waals surface area contributed by atoms with E-state index in [1.54, 1.807) is 14.0 Å². The molecule has 3 aromatic rings. The van der Waals surface area contributed by atoms with Gasteiger partial charge in [-0.05, 0) is 65.7 Å². The van der Waals surface area contributed by atoms with E-state index in [-0.39, 0.29) is 30.2 Å². The van der Waals surface area contributed by atoms with E-state index in [1.165, 1.54) is 18.0 Å². The van der Waals surface area contributed by atoms with Gasteiger partial charge < -0.3 is 10.2 Å². The van der Waals surface area contributed by atoms with Crippen LogP contribution in [0.1, 0.15) is 52.8 Å². The summed E-state index contributed by atoms with van der Waals surface area (Å²) in [5.41, 5.74) is -3.79. The van der Waals surface area contributed by atoms with Gasteiger partial charge in [0.05, 0.1) is 23.7 Å². The molecule has 1 heterocycles. The van der Waals surface area contributed by atoms with E-state index in [0.717, 1.165) is 16.9 Å². The minimum absolute atomic E-state index is 0.00190. The number of hydrogen-bond acceptors (Lipinski definition) is 5. The highest BCUT2D eigenvalue weighted by atomic mass is 19.4. The Morgan fingerprint density at radius 1 is 0.842 bits per heavy atom. The molecule has 2 aromatic carbocycles. The number of aromatic nitrogens is 4. The molecule has 0 amide bonds. The maximum atomic E-state index is 13.5. The average Bonchev–Trinajstić information content (AvgIpc) is 3.24. The highest BCUT2D eigenvalue weighted by Gasteiger charge is 2.37. The standard InChI is InChI=1S/C23H23F9N6/c1-4-19(33-2)18-6-5-15(21(24,25)26)9-14(18)12-38(20-34-36-37(3)35-20)11-13-7-16(22(27,28)29)10-17(8-13)23(30,31)32/h5-10,19,33H,4,11-12H2,1-3H3. The summed E-state index contributed by atoms with van der Waals surface area (Å²) < 4.78 is 121. The minimum Gasteiger partial charge on any atom is -0.330 e. The molecule has 1 atom stereocenters. The summed E-state index contributed by atoms with van der Waals surface area (Å²) in [5.74, 6) is -0.195. The van der Waals surface area contributed by atoms with Crippen LogP contribution in [0.4, 0.5) is 45.5 Å². The van der Waals surface area contributed by atoms with Crippen molar-refractivity contribution in [1.29, 1.82) is 0 Å². The quantitative estimate of drug-likeness (QED) is 0.339. The largest absolute Gasteiger partial charge is 0.416 e. The lowest BCUT2D eigenvalue weighted by molar-refractivity contribution is -0.143. The van der Waals surface area contributed by atoms with Crippen LogP contribution >= 0.6 is 0 Å². The predicted octanol–water partition coefficient (Wildman–Crippen LogP) is 6.14. The maximum absolute atomic E-state index is 13.5. The Balaban J connectivity index is 2.14. The van der Waals surface area contributed by atoms with Crippen LogP contribution < -0.4 is 10.2 Å². The van der Waals surface area contributed by atoms with Gasteiger partial charge in [0.1, 0.15) is 0 Å². The molecule has 1 N–H and O–H groups in total. The number of alkyl halides is 9. The van der Waals surface area contributed by atoms with Crippen LogP contribution in [-0.4, -0.2) is 27.3 Å². The lowest BCUT2D eigenvalue weighted by Gasteiger charge is -2.26. The van der Waals surface area contributed by atoms with Crippen LogP contribution in [0.3, 0.4) is 0 Å². The van der Waals surface area contributed by atoms with E-state index >= 15 is 0 Å². The van der Waals surface area contributed by atoms with Crippen molar-refractivity contribution in [3.8, 4) is 0 Å². The second-order valence-electron chi connectivity index (χ2n) is 8.51. The van der Waals surface area contributed by atoms with E-state index in [0.29, 0.717) is 24.1 Å². The third-order valence-electron chi connectivity index (χ3n) is 5.77. The number of hydrogen-bond donors (Lipinski definition) is 1. The predicted molar refractivity (Wildman–Crippen MR) is 119 cm³/mol. The SMILES string of the molecule is CCC(NC)c1ccc(C(F)(F)F)cc1CN(Cc1cc(C(F)(F)F)cc(C(F)(F)F)c1)c1nnn(C)n1. The Morgan fingerprint density at radius 2 is 1.42 bits per heavy atom. The topological polar surface area (TPSA) is 58.9 Å². The summed E-state index contributed by atoms with van der Waals surface area (Å²) >= 11 is 0. The fourth-order valence-corrected chi connectivity index (χ4v) is 3.97. The lowest BCUT2D eigenvalue weighted by Crippen LogP contribution is -2.27. The van der Waals surface area contributed by atoms with Crippen molar-refractivity contribution < 1.29 is 39.5 Å². The van der Waals surface area contributed by atoms with E-state index in [4.69, 9.17) is 0 Å².